The molecule has 7 heteroatoms. The minimum atomic E-state index is -3.16. The molecule has 1 saturated heterocycles. The molecule has 0 saturated carbocycles. The Balaban J connectivity index is 2.47. The summed E-state index contributed by atoms with van der Waals surface area (Å²) in [5.74, 6) is 0.173. The van der Waals surface area contributed by atoms with Crippen molar-refractivity contribution in [2.45, 2.75) is 38.6 Å². The van der Waals surface area contributed by atoms with Crippen molar-refractivity contribution in [2.75, 3.05) is 25.9 Å². The quantitative estimate of drug-likeness (QED) is 0.715. The Morgan fingerprint density at radius 3 is 2.79 bits per heavy atom. The second kappa shape index (κ2) is 7.21. The number of nitrogens with two attached hydrogens (primary N) is 1. The van der Waals surface area contributed by atoms with E-state index in [4.69, 9.17) is 5.73 Å². The van der Waals surface area contributed by atoms with Crippen LogP contribution < -0.4 is 10.5 Å². The van der Waals surface area contributed by atoms with E-state index in [0.29, 0.717) is 19.5 Å². The summed E-state index contributed by atoms with van der Waals surface area (Å²) in [6.45, 7) is 3.72. The highest BCUT2D eigenvalue weighted by Gasteiger charge is 2.26. The Kier molecular flexibility index (Phi) is 6.22. The summed E-state index contributed by atoms with van der Waals surface area (Å²) in [4.78, 5) is 13.9. The van der Waals surface area contributed by atoms with Gasteiger partial charge in [0.2, 0.25) is 15.9 Å². The van der Waals surface area contributed by atoms with Crippen molar-refractivity contribution in [3.8, 4) is 0 Å². The van der Waals surface area contributed by atoms with Gasteiger partial charge in [-0.15, -0.1) is 0 Å². The van der Waals surface area contributed by atoms with Gasteiger partial charge in [-0.1, -0.05) is 13.3 Å². The SMILES string of the molecule is CCC[C@H](N)C(=O)N1CCCC(CNS(C)(=O)=O)C1. The van der Waals surface area contributed by atoms with Crippen LogP contribution in [0.3, 0.4) is 0 Å². The van der Waals surface area contributed by atoms with Gasteiger partial charge < -0.3 is 10.6 Å². The molecule has 2 atom stereocenters. The lowest BCUT2D eigenvalue weighted by Crippen LogP contribution is -2.49. The van der Waals surface area contributed by atoms with E-state index < -0.39 is 16.1 Å². The van der Waals surface area contributed by atoms with Gasteiger partial charge >= 0.3 is 0 Å². The Morgan fingerprint density at radius 1 is 1.53 bits per heavy atom. The fourth-order valence-corrected chi connectivity index (χ4v) is 2.91. The molecule has 0 spiro atoms. The largest absolute Gasteiger partial charge is 0.341 e. The van der Waals surface area contributed by atoms with Crippen molar-refractivity contribution in [1.29, 1.82) is 0 Å². The lowest BCUT2D eigenvalue weighted by Gasteiger charge is -2.34. The number of rotatable bonds is 6. The summed E-state index contributed by atoms with van der Waals surface area (Å²) in [5, 5.41) is 0. The molecule has 1 heterocycles. The summed E-state index contributed by atoms with van der Waals surface area (Å²) >= 11 is 0. The zero-order valence-corrected chi connectivity index (χ0v) is 12.6. The van der Waals surface area contributed by atoms with Crippen molar-refractivity contribution < 1.29 is 13.2 Å². The second-order valence-corrected chi connectivity index (χ2v) is 7.14. The van der Waals surface area contributed by atoms with Crippen molar-refractivity contribution in [2.24, 2.45) is 11.7 Å². The van der Waals surface area contributed by atoms with E-state index in [0.717, 1.165) is 32.1 Å². The van der Waals surface area contributed by atoms with Crippen LogP contribution in [0.25, 0.3) is 0 Å². The zero-order chi connectivity index (χ0) is 14.5. The van der Waals surface area contributed by atoms with Crippen LogP contribution in [-0.4, -0.2) is 51.2 Å². The molecule has 1 aliphatic heterocycles. The highest BCUT2D eigenvalue weighted by molar-refractivity contribution is 7.88. The maximum absolute atomic E-state index is 12.1. The zero-order valence-electron chi connectivity index (χ0n) is 11.8. The fourth-order valence-electron chi connectivity index (χ4n) is 2.37. The third kappa shape index (κ3) is 5.88. The van der Waals surface area contributed by atoms with Gasteiger partial charge in [0, 0.05) is 19.6 Å². The average Bonchev–Trinajstić information content (AvgIpc) is 2.35. The van der Waals surface area contributed by atoms with Crippen molar-refractivity contribution in [1.82, 2.24) is 9.62 Å². The van der Waals surface area contributed by atoms with Crippen molar-refractivity contribution >= 4 is 15.9 Å². The van der Waals surface area contributed by atoms with E-state index in [9.17, 15) is 13.2 Å². The van der Waals surface area contributed by atoms with Crippen LogP contribution in [0.1, 0.15) is 32.6 Å². The van der Waals surface area contributed by atoms with Gasteiger partial charge in [0.15, 0.2) is 0 Å². The number of carbonyl (C=O) groups excluding carboxylic acids is 1. The molecule has 0 aliphatic carbocycles. The smallest absolute Gasteiger partial charge is 0.239 e. The van der Waals surface area contributed by atoms with Crippen LogP contribution in [0.4, 0.5) is 0 Å². The molecule has 1 amide bonds. The van der Waals surface area contributed by atoms with Crippen molar-refractivity contribution in [3.63, 3.8) is 0 Å². The number of hydrogen-bond donors (Lipinski definition) is 2. The third-order valence-electron chi connectivity index (χ3n) is 3.38. The van der Waals surface area contributed by atoms with Gasteiger partial charge in [-0.05, 0) is 25.2 Å². The van der Waals surface area contributed by atoms with E-state index in [2.05, 4.69) is 4.72 Å². The van der Waals surface area contributed by atoms with Crippen molar-refractivity contribution in [3.05, 3.63) is 0 Å². The Bertz CT molecular complexity index is 397. The van der Waals surface area contributed by atoms with Gasteiger partial charge in [0.05, 0.1) is 12.3 Å². The lowest BCUT2D eigenvalue weighted by atomic mass is 9.97. The molecule has 3 N–H and O–H groups in total. The van der Waals surface area contributed by atoms with Crippen LogP contribution >= 0.6 is 0 Å². The van der Waals surface area contributed by atoms with E-state index in [1.54, 1.807) is 4.90 Å². The second-order valence-electron chi connectivity index (χ2n) is 5.31. The molecule has 1 fully saturated rings. The molecule has 19 heavy (non-hydrogen) atoms. The first-order valence-corrected chi connectivity index (χ1v) is 8.71. The number of hydrogen-bond acceptors (Lipinski definition) is 4. The van der Waals surface area contributed by atoms with E-state index in [1.165, 1.54) is 0 Å². The monoisotopic (exact) mass is 291 g/mol. The van der Waals surface area contributed by atoms with Crippen LogP contribution in [-0.2, 0) is 14.8 Å². The summed E-state index contributed by atoms with van der Waals surface area (Å²) in [6, 6.07) is -0.424. The topological polar surface area (TPSA) is 92.5 Å². The molecule has 0 radical (unpaired) electrons. The molecule has 1 rings (SSSR count). The van der Waals surface area contributed by atoms with E-state index in [1.807, 2.05) is 6.92 Å². The lowest BCUT2D eigenvalue weighted by molar-refractivity contribution is -0.134. The predicted octanol–water partition coefficient (Wildman–Crippen LogP) is -0.0984. The Hall–Kier alpha value is -0.660. The Morgan fingerprint density at radius 2 is 2.21 bits per heavy atom. The molecule has 112 valence electrons. The molecule has 0 aromatic carbocycles. The maximum Gasteiger partial charge on any atom is 0.239 e. The van der Waals surface area contributed by atoms with Crippen LogP contribution in [0, 0.1) is 5.92 Å². The molecule has 1 unspecified atom stereocenters. The van der Waals surface area contributed by atoms with E-state index in [-0.39, 0.29) is 11.8 Å². The normalized spacial score (nSPS) is 22.3. The summed E-state index contributed by atoms with van der Waals surface area (Å²) in [7, 11) is -3.16. The fraction of sp³-hybridized carbons (Fsp3) is 0.917. The minimum absolute atomic E-state index is 0.00842. The number of sulfonamides is 1. The average molecular weight is 291 g/mol. The highest BCUT2D eigenvalue weighted by atomic mass is 32.2. The van der Waals surface area contributed by atoms with Crippen LogP contribution in [0.5, 0.6) is 0 Å². The summed E-state index contributed by atoms with van der Waals surface area (Å²) in [6.07, 6.45) is 4.58. The highest BCUT2D eigenvalue weighted by Crippen LogP contribution is 2.17. The maximum atomic E-state index is 12.1. The van der Waals surface area contributed by atoms with Gasteiger partial charge in [-0.2, -0.15) is 0 Å². The van der Waals surface area contributed by atoms with E-state index >= 15 is 0 Å². The van der Waals surface area contributed by atoms with Crippen LogP contribution in [0.15, 0.2) is 0 Å². The molecule has 0 bridgehead atoms. The summed E-state index contributed by atoms with van der Waals surface area (Å²) < 4.78 is 24.7. The molecule has 0 aromatic heterocycles. The number of carbonyl (C=O) groups is 1. The number of likely N-dealkylation sites (tertiary alicyclic amines) is 1. The van der Waals surface area contributed by atoms with Crippen LogP contribution in [0.2, 0.25) is 0 Å². The number of nitrogens with zero attached hydrogens (tertiary/aromatic N) is 1. The van der Waals surface area contributed by atoms with Gasteiger partial charge in [-0.25, -0.2) is 13.1 Å². The first-order chi connectivity index (χ1) is 8.83. The molecule has 0 aromatic rings. The molecule has 1 aliphatic rings. The predicted molar refractivity (Wildman–Crippen MR) is 75.0 cm³/mol. The molecule has 6 nitrogen and oxygen atoms in total. The number of nitrogens with one attached hydrogen (secondary N) is 1. The Labute approximate surface area is 115 Å². The molecular weight excluding hydrogens is 266 g/mol. The first-order valence-electron chi connectivity index (χ1n) is 6.82. The minimum Gasteiger partial charge on any atom is -0.341 e. The standard InChI is InChI=1S/C12H25N3O3S/c1-3-5-11(13)12(16)15-7-4-6-10(9-15)8-14-19(2,17)18/h10-11,14H,3-9,13H2,1-2H3/t10?,11-/m0/s1. The number of piperidine rings is 1. The first kappa shape index (κ1) is 16.4. The number of amides is 1. The van der Waals surface area contributed by atoms with Gasteiger partial charge in [0.25, 0.3) is 0 Å². The third-order valence-corrected chi connectivity index (χ3v) is 4.07. The van der Waals surface area contributed by atoms with Gasteiger partial charge in [0.1, 0.15) is 0 Å². The molecular formula is C12H25N3O3S. The summed E-state index contributed by atoms with van der Waals surface area (Å²) in [5.41, 5.74) is 5.84. The van der Waals surface area contributed by atoms with Gasteiger partial charge in [-0.3, -0.25) is 4.79 Å².